The van der Waals surface area contributed by atoms with Crippen molar-refractivity contribution in [2.75, 3.05) is 19.6 Å². The summed E-state index contributed by atoms with van der Waals surface area (Å²) in [5.74, 6) is -4.55. The third kappa shape index (κ3) is 10.6. The van der Waals surface area contributed by atoms with Crippen LogP contribution in [0, 0.1) is 0 Å². The summed E-state index contributed by atoms with van der Waals surface area (Å²) in [7, 11) is 0. The molecule has 0 radical (unpaired) electrons. The van der Waals surface area contributed by atoms with Crippen LogP contribution in [0.5, 0.6) is 0 Å². The van der Waals surface area contributed by atoms with Gasteiger partial charge in [0, 0.05) is 13.0 Å². The Labute approximate surface area is 184 Å². The van der Waals surface area contributed by atoms with Crippen molar-refractivity contribution in [3.05, 3.63) is 0 Å². The minimum Gasteiger partial charge on any atom is -0.481 e. The lowest BCUT2D eigenvalue weighted by Crippen LogP contribution is -2.53. The number of carbonyl (C=O) groups excluding carboxylic acids is 3. The van der Waals surface area contributed by atoms with Gasteiger partial charge in [0.25, 0.3) is 0 Å². The Hall–Kier alpha value is -3.42. The number of rotatable bonds is 14. The largest absolute Gasteiger partial charge is 0.481 e. The fraction of sp³-hybridized carbons (Fsp3) is 0.667. The molecule has 1 aliphatic heterocycles. The molecule has 1 heterocycles. The van der Waals surface area contributed by atoms with Gasteiger partial charge in [0.2, 0.25) is 17.7 Å². The molecule has 180 valence electrons. The summed E-state index contributed by atoms with van der Waals surface area (Å²) >= 11 is 0. The first kappa shape index (κ1) is 26.6. The second-order valence-corrected chi connectivity index (χ2v) is 7.27. The average Bonchev–Trinajstić information content (AvgIpc) is 3.25. The van der Waals surface area contributed by atoms with Crippen LogP contribution < -0.4 is 32.7 Å². The zero-order chi connectivity index (χ0) is 24.1. The molecule has 1 rings (SSSR count). The maximum Gasteiger partial charge on any atom is 0.326 e. The van der Waals surface area contributed by atoms with Crippen LogP contribution in [0.2, 0.25) is 0 Å². The summed E-state index contributed by atoms with van der Waals surface area (Å²) < 4.78 is 0. The molecule has 0 spiro atoms. The highest BCUT2D eigenvalue weighted by molar-refractivity contribution is 5.92. The first-order valence-electron chi connectivity index (χ1n) is 10.2. The molecule has 3 amide bonds. The third-order valence-electron chi connectivity index (χ3n) is 4.66. The van der Waals surface area contributed by atoms with Gasteiger partial charge in [-0.15, -0.1) is 0 Å². The standard InChI is InChI=1S/C18H31N7O7/c19-18(20)22-8-2-4-12(17(31)32)25-16(30)11(5-6-14(27)28)24-13(26)9-23-15(29)10-3-1-7-21-10/h10-12,21H,1-9H2,(H,23,29)(H,24,26)(H,25,30)(H,27,28)(H,31,32)(H4,19,20,22). The van der Waals surface area contributed by atoms with Gasteiger partial charge in [-0.25, -0.2) is 4.79 Å². The molecule has 1 fully saturated rings. The summed E-state index contributed by atoms with van der Waals surface area (Å²) in [5, 5.41) is 28.3. The van der Waals surface area contributed by atoms with Crippen molar-refractivity contribution in [3.63, 3.8) is 0 Å². The number of aliphatic imine (C=N–C) groups is 1. The maximum absolute atomic E-state index is 12.5. The molecule has 32 heavy (non-hydrogen) atoms. The number of guanidine groups is 1. The lowest BCUT2D eigenvalue weighted by molar-refractivity contribution is -0.143. The molecule has 10 N–H and O–H groups in total. The fourth-order valence-electron chi connectivity index (χ4n) is 3.01. The van der Waals surface area contributed by atoms with Gasteiger partial charge in [0.1, 0.15) is 12.1 Å². The van der Waals surface area contributed by atoms with Gasteiger partial charge in [0.05, 0.1) is 12.6 Å². The van der Waals surface area contributed by atoms with Gasteiger partial charge in [-0.1, -0.05) is 0 Å². The summed E-state index contributed by atoms with van der Waals surface area (Å²) in [4.78, 5) is 62.8. The van der Waals surface area contributed by atoms with Gasteiger partial charge >= 0.3 is 11.9 Å². The highest BCUT2D eigenvalue weighted by Crippen LogP contribution is 2.05. The minimum absolute atomic E-state index is 0.0158. The van der Waals surface area contributed by atoms with E-state index in [1.54, 1.807) is 0 Å². The topological polar surface area (TPSA) is 238 Å². The third-order valence-corrected chi connectivity index (χ3v) is 4.66. The Morgan fingerprint density at radius 2 is 1.78 bits per heavy atom. The molecule has 3 unspecified atom stereocenters. The highest BCUT2D eigenvalue weighted by atomic mass is 16.4. The summed E-state index contributed by atoms with van der Waals surface area (Å²) in [6, 6.07) is -2.96. The molecule has 0 saturated carbocycles. The number of carbonyl (C=O) groups is 5. The predicted molar refractivity (Wildman–Crippen MR) is 112 cm³/mol. The number of hydrogen-bond acceptors (Lipinski definition) is 7. The zero-order valence-electron chi connectivity index (χ0n) is 17.6. The molecule has 1 saturated heterocycles. The molecule has 0 aliphatic carbocycles. The first-order chi connectivity index (χ1) is 15.1. The molecule has 0 aromatic carbocycles. The predicted octanol–water partition coefficient (Wildman–Crippen LogP) is -3.17. The van der Waals surface area contributed by atoms with Crippen LogP contribution >= 0.6 is 0 Å². The zero-order valence-corrected chi connectivity index (χ0v) is 17.6. The quantitative estimate of drug-likeness (QED) is 0.0739. The van der Waals surface area contributed by atoms with Crippen molar-refractivity contribution in [2.45, 2.75) is 56.7 Å². The van der Waals surface area contributed by atoms with Crippen LogP contribution in [0.1, 0.15) is 38.5 Å². The Bertz CT molecular complexity index is 718. The molecular formula is C18H31N7O7. The number of carboxylic acid groups (broad SMARTS) is 2. The molecule has 1 aliphatic rings. The van der Waals surface area contributed by atoms with Gasteiger partial charge in [-0.2, -0.15) is 0 Å². The number of hydrogen-bond donors (Lipinski definition) is 8. The van der Waals surface area contributed by atoms with Gasteiger partial charge in [-0.3, -0.25) is 24.2 Å². The molecular weight excluding hydrogens is 426 g/mol. The minimum atomic E-state index is -1.30. The number of nitrogens with two attached hydrogens (primary N) is 2. The molecule has 0 bridgehead atoms. The van der Waals surface area contributed by atoms with Gasteiger partial charge in [0.15, 0.2) is 5.96 Å². The lowest BCUT2D eigenvalue weighted by Gasteiger charge is -2.21. The number of carboxylic acids is 2. The molecule has 3 atom stereocenters. The van der Waals surface area contributed by atoms with E-state index in [1.807, 2.05) is 0 Å². The maximum atomic E-state index is 12.5. The highest BCUT2D eigenvalue weighted by Gasteiger charge is 2.27. The van der Waals surface area contributed by atoms with Crippen LogP contribution in [-0.4, -0.2) is 83.6 Å². The Morgan fingerprint density at radius 3 is 2.34 bits per heavy atom. The van der Waals surface area contributed by atoms with Crippen molar-refractivity contribution < 1.29 is 34.2 Å². The second-order valence-electron chi connectivity index (χ2n) is 7.27. The van der Waals surface area contributed by atoms with E-state index in [4.69, 9.17) is 16.6 Å². The normalized spacial score (nSPS) is 16.9. The van der Waals surface area contributed by atoms with E-state index in [9.17, 15) is 29.1 Å². The van der Waals surface area contributed by atoms with Crippen molar-refractivity contribution in [2.24, 2.45) is 16.5 Å². The fourth-order valence-corrected chi connectivity index (χ4v) is 3.01. The Morgan fingerprint density at radius 1 is 1.06 bits per heavy atom. The summed E-state index contributed by atoms with van der Waals surface area (Å²) in [6.45, 7) is 0.462. The van der Waals surface area contributed by atoms with Crippen LogP contribution in [0.3, 0.4) is 0 Å². The number of nitrogens with zero attached hydrogens (tertiary/aromatic N) is 1. The van der Waals surface area contributed by atoms with E-state index >= 15 is 0 Å². The Kier molecular flexibility index (Phi) is 11.5. The van der Waals surface area contributed by atoms with Crippen LogP contribution in [-0.2, 0) is 24.0 Å². The van der Waals surface area contributed by atoms with E-state index in [-0.39, 0.29) is 43.7 Å². The van der Waals surface area contributed by atoms with Gasteiger partial charge < -0.3 is 42.9 Å². The van der Waals surface area contributed by atoms with Crippen molar-refractivity contribution in [3.8, 4) is 0 Å². The van der Waals surface area contributed by atoms with Crippen molar-refractivity contribution in [1.29, 1.82) is 0 Å². The Balaban J connectivity index is 2.64. The van der Waals surface area contributed by atoms with E-state index in [1.165, 1.54) is 0 Å². The molecule has 0 aromatic heterocycles. The summed E-state index contributed by atoms with van der Waals surface area (Å²) in [6.07, 6.45) is 1.09. The van der Waals surface area contributed by atoms with Crippen LogP contribution in [0.25, 0.3) is 0 Å². The van der Waals surface area contributed by atoms with Crippen molar-refractivity contribution >= 4 is 35.6 Å². The van der Waals surface area contributed by atoms with E-state index < -0.39 is 48.8 Å². The van der Waals surface area contributed by atoms with Gasteiger partial charge in [-0.05, 0) is 38.6 Å². The number of amides is 3. The average molecular weight is 457 g/mol. The second kappa shape index (κ2) is 13.8. The number of aliphatic carboxylic acids is 2. The molecule has 14 heteroatoms. The van der Waals surface area contributed by atoms with Crippen LogP contribution in [0.15, 0.2) is 4.99 Å². The first-order valence-corrected chi connectivity index (χ1v) is 10.2. The monoisotopic (exact) mass is 457 g/mol. The lowest BCUT2D eigenvalue weighted by atomic mass is 10.1. The molecule has 14 nitrogen and oxygen atoms in total. The summed E-state index contributed by atoms with van der Waals surface area (Å²) in [5.41, 5.74) is 10.4. The number of nitrogens with one attached hydrogen (secondary N) is 4. The van der Waals surface area contributed by atoms with Crippen LogP contribution in [0.4, 0.5) is 0 Å². The SMILES string of the molecule is NC(N)=NCCCC(NC(=O)C(CCC(=O)O)NC(=O)CNC(=O)C1CCCN1)C(=O)O. The van der Waals surface area contributed by atoms with E-state index in [0.717, 1.165) is 6.42 Å². The molecule has 0 aromatic rings. The van der Waals surface area contributed by atoms with Crippen molar-refractivity contribution in [1.82, 2.24) is 21.3 Å². The van der Waals surface area contributed by atoms with E-state index in [2.05, 4.69) is 26.3 Å². The van der Waals surface area contributed by atoms with E-state index in [0.29, 0.717) is 13.0 Å². The smallest absolute Gasteiger partial charge is 0.326 e.